The lowest BCUT2D eigenvalue weighted by atomic mass is 10.1. The minimum atomic E-state index is -0.198. The molecule has 0 N–H and O–H groups in total. The van der Waals surface area contributed by atoms with Crippen LogP contribution in [0.4, 0.5) is 0 Å². The molecule has 6 heteroatoms. The molecule has 1 heterocycles. The monoisotopic (exact) mass is 292 g/mol. The molecular weight excluding hydrogens is 276 g/mol. The first-order valence-corrected chi connectivity index (χ1v) is 7.28. The molecule has 0 aliphatic carbocycles. The van der Waals surface area contributed by atoms with Gasteiger partial charge in [0.25, 0.3) is 5.22 Å². The van der Waals surface area contributed by atoms with E-state index >= 15 is 0 Å². The maximum Gasteiger partial charge on any atom is 0.305 e. The molecule has 0 fully saturated rings. The van der Waals surface area contributed by atoms with Gasteiger partial charge in [0.1, 0.15) is 0 Å². The molecule has 0 unspecified atom stereocenters. The maximum absolute atomic E-state index is 11.0. The molecule has 2 aromatic rings. The lowest BCUT2D eigenvalue weighted by Crippen LogP contribution is -1.99. The van der Waals surface area contributed by atoms with Crippen LogP contribution in [0, 0.1) is 6.92 Å². The van der Waals surface area contributed by atoms with E-state index in [0.717, 1.165) is 17.7 Å². The van der Waals surface area contributed by atoms with Crippen LogP contribution < -0.4 is 0 Å². The summed E-state index contributed by atoms with van der Waals surface area (Å²) in [5.74, 6) is 1.06. The highest BCUT2D eigenvalue weighted by atomic mass is 32.2. The number of rotatable bonds is 6. The molecule has 0 spiro atoms. The van der Waals surface area contributed by atoms with E-state index in [-0.39, 0.29) is 5.97 Å². The summed E-state index contributed by atoms with van der Waals surface area (Å²) in [5, 5.41) is 8.52. The van der Waals surface area contributed by atoms with Crippen molar-refractivity contribution in [1.29, 1.82) is 0 Å². The predicted molar refractivity (Wildman–Crippen MR) is 76.4 cm³/mol. The van der Waals surface area contributed by atoms with E-state index in [9.17, 15) is 4.79 Å². The minimum Gasteiger partial charge on any atom is -0.469 e. The zero-order valence-corrected chi connectivity index (χ0v) is 12.3. The zero-order chi connectivity index (χ0) is 14.4. The molecule has 0 amide bonds. The van der Waals surface area contributed by atoms with Gasteiger partial charge in [-0.1, -0.05) is 29.5 Å². The van der Waals surface area contributed by atoms with Crippen molar-refractivity contribution in [3.8, 4) is 11.5 Å². The number of esters is 1. The van der Waals surface area contributed by atoms with Gasteiger partial charge >= 0.3 is 5.97 Å². The van der Waals surface area contributed by atoms with Crippen molar-refractivity contribution in [3.63, 3.8) is 0 Å². The second-order valence-electron chi connectivity index (χ2n) is 4.27. The van der Waals surface area contributed by atoms with Crippen LogP contribution in [0.3, 0.4) is 0 Å². The zero-order valence-electron chi connectivity index (χ0n) is 11.5. The Bertz CT molecular complexity index is 566. The van der Waals surface area contributed by atoms with Crippen LogP contribution in [0.5, 0.6) is 0 Å². The SMILES string of the molecule is COC(=O)CCCSc1nnc(-c2ccc(C)cc2)o1. The summed E-state index contributed by atoms with van der Waals surface area (Å²) in [5.41, 5.74) is 2.09. The van der Waals surface area contributed by atoms with Gasteiger partial charge in [-0.15, -0.1) is 10.2 Å². The molecule has 1 aromatic carbocycles. The van der Waals surface area contributed by atoms with E-state index in [2.05, 4.69) is 14.9 Å². The fourth-order valence-corrected chi connectivity index (χ4v) is 2.26. The molecule has 0 saturated carbocycles. The number of hydrogen-bond donors (Lipinski definition) is 0. The summed E-state index contributed by atoms with van der Waals surface area (Å²) in [6.07, 6.45) is 1.13. The Morgan fingerprint density at radius 1 is 1.30 bits per heavy atom. The highest BCUT2D eigenvalue weighted by molar-refractivity contribution is 7.99. The lowest BCUT2D eigenvalue weighted by molar-refractivity contribution is -0.140. The summed E-state index contributed by atoms with van der Waals surface area (Å²) in [7, 11) is 1.39. The molecule has 0 radical (unpaired) electrons. The molecule has 0 saturated heterocycles. The maximum atomic E-state index is 11.0. The van der Waals surface area contributed by atoms with Gasteiger partial charge in [-0.25, -0.2) is 0 Å². The standard InChI is InChI=1S/C14H16N2O3S/c1-10-5-7-11(8-6-10)13-15-16-14(19-13)20-9-3-4-12(17)18-2/h5-8H,3-4,9H2,1-2H3. The van der Waals surface area contributed by atoms with E-state index in [4.69, 9.17) is 4.42 Å². The van der Waals surface area contributed by atoms with Gasteiger partial charge in [-0.05, 0) is 25.5 Å². The van der Waals surface area contributed by atoms with Crippen molar-refractivity contribution < 1.29 is 13.9 Å². The number of aromatic nitrogens is 2. The van der Waals surface area contributed by atoms with Crippen molar-refractivity contribution in [2.45, 2.75) is 25.0 Å². The number of nitrogens with zero attached hydrogens (tertiary/aromatic N) is 2. The fraction of sp³-hybridized carbons (Fsp3) is 0.357. The van der Waals surface area contributed by atoms with Gasteiger partial charge < -0.3 is 9.15 Å². The molecule has 5 nitrogen and oxygen atoms in total. The topological polar surface area (TPSA) is 65.2 Å². The van der Waals surface area contributed by atoms with Crippen molar-refractivity contribution in [2.24, 2.45) is 0 Å². The van der Waals surface area contributed by atoms with Crippen molar-refractivity contribution in [3.05, 3.63) is 29.8 Å². The van der Waals surface area contributed by atoms with E-state index in [0.29, 0.717) is 17.5 Å². The summed E-state index contributed by atoms with van der Waals surface area (Å²) < 4.78 is 10.1. The normalized spacial score (nSPS) is 10.5. The summed E-state index contributed by atoms with van der Waals surface area (Å²) in [6.45, 7) is 2.03. The average Bonchev–Trinajstić information content (AvgIpc) is 2.93. The second-order valence-corrected chi connectivity index (χ2v) is 5.31. The molecule has 106 valence electrons. The Hall–Kier alpha value is -1.82. The molecule has 0 atom stereocenters. The number of ether oxygens (including phenoxy) is 1. The molecule has 20 heavy (non-hydrogen) atoms. The van der Waals surface area contributed by atoms with E-state index < -0.39 is 0 Å². The highest BCUT2D eigenvalue weighted by Crippen LogP contribution is 2.23. The van der Waals surface area contributed by atoms with Crippen LogP contribution in [-0.4, -0.2) is 29.0 Å². The Labute approximate surface area is 121 Å². The van der Waals surface area contributed by atoms with Crippen LogP contribution in [0.15, 0.2) is 33.9 Å². The molecular formula is C14H16N2O3S. The summed E-state index contributed by atoms with van der Waals surface area (Å²) >= 11 is 1.44. The number of aryl methyl sites for hydroxylation is 1. The largest absolute Gasteiger partial charge is 0.469 e. The van der Waals surface area contributed by atoms with E-state index in [1.165, 1.54) is 24.4 Å². The van der Waals surface area contributed by atoms with Gasteiger partial charge in [-0.2, -0.15) is 0 Å². The molecule has 0 aliphatic rings. The predicted octanol–water partition coefficient (Wildman–Crippen LogP) is 3.09. The first-order valence-electron chi connectivity index (χ1n) is 6.29. The summed E-state index contributed by atoms with van der Waals surface area (Å²) in [6, 6.07) is 7.91. The first kappa shape index (κ1) is 14.6. The number of thioether (sulfide) groups is 1. The third-order valence-electron chi connectivity index (χ3n) is 2.68. The Balaban J connectivity index is 1.86. The second kappa shape index (κ2) is 7.09. The number of carbonyl (C=O) groups excluding carboxylic acids is 1. The van der Waals surface area contributed by atoms with E-state index in [1.54, 1.807) is 0 Å². The minimum absolute atomic E-state index is 0.198. The molecule has 0 bridgehead atoms. The van der Waals surface area contributed by atoms with E-state index in [1.807, 2.05) is 31.2 Å². The molecule has 2 rings (SSSR count). The van der Waals surface area contributed by atoms with Gasteiger partial charge in [0.05, 0.1) is 7.11 Å². The highest BCUT2D eigenvalue weighted by Gasteiger charge is 2.09. The Morgan fingerprint density at radius 2 is 2.05 bits per heavy atom. The van der Waals surface area contributed by atoms with Crippen LogP contribution >= 0.6 is 11.8 Å². The van der Waals surface area contributed by atoms with Crippen molar-refractivity contribution >= 4 is 17.7 Å². The van der Waals surface area contributed by atoms with Crippen molar-refractivity contribution in [1.82, 2.24) is 10.2 Å². The Kier molecular flexibility index (Phi) is 5.17. The molecule has 1 aromatic heterocycles. The summed E-state index contributed by atoms with van der Waals surface area (Å²) in [4.78, 5) is 11.0. The van der Waals surface area contributed by atoms with Crippen LogP contribution in [0.2, 0.25) is 0 Å². The third-order valence-corrected chi connectivity index (χ3v) is 3.59. The third kappa shape index (κ3) is 4.09. The number of methoxy groups -OCH3 is 1. The van der Waals surface area contributed by atoms with Crippen LogP contribution in [0.25, 0.3) is 11.5 Å². The quantitative estimate of drug-likeness (QED) is 0.463. The lowest BCUT2D eigenvalue weighted by Gasteiger charge is -1.97. The fourth-order valence-electron chi connectivity index (χ4n) is 1.56. The van der Waals surface area contributed by atoms with Gasteiger partial charge in [0.15, 0.2) is 0 Å². The number of carbonyl (C=O) groups is 1. The smallest absolute Gasteiger partial charge is 0.305 e. The van der Waals surface area contributed by atoms with Crippen molar-refractivity contribution in [2.75, 3.05) is 12.9 Å². The first-order chi connectivity index (χ1) is 9.69. The average molecular weight is 292 g/mol. The van der Waals surface area contributed by atoms with Crippen LogP contribution in [-0.2, 0) is 9.53 Å². The number of benzene rings is 1. The molecule has 0 aliphatic heterocycles. The number of hydrogen-bond acceptors (Lipinski definition) is 6. The van der Waals surface area contributed by atoms with Gasteiger partial charge in [0.2, 0.25) is 5.89 Å². The van der Waals surface area contributed by atoms with Gasteiger partial charge in [0, 0.05) is 17.7 Å². The van der Waals surface area contributed by atoms with Crippen LogP contribution in [0.1, 0.15) is 18.4 Å². The Morgan fingerprint density at radius 3 is 2.75 bits per heavy atom. The van der Waals surface area contributed by atoms with Gasteiger partial charge in [-0.3, -0.25) is 4.79 Å².